The second kappa shape index (κ2) is 6.33. The van der Waals surface area contributed by atoms with Crippen molar-refractivity contribution in [2.24, 2.45) is 5.92 Å². The number of hydrogen-bond acceptors (Lipinski definition) is 1. The molecule has 0 bridgehead atoms. The molecule has 1 N–H and O–H groups in total. The van der Waals surface area contributed by atoms with Crippen molar-refractivity contribution in [2.45, 2.75) is 50.9 Å². The van der Waals surface area contributed by atoms with Crippen LogP contribution in [0.2, 0.25) is 0 Å². The van der Waals surface area contributed by atoms with Crippen LogP contribution in [-0.2, 0) is 6.42 Å². The fraction of sp³-hybridized carbons (Fsp3) is 0.562. The Morgan fingerprint density at radius 1 is 1.15 bits per heavy atom. The van der Waals surface area contributed by atoms with Gasteiger partial charge in [0.15, 0.2) is 0 Å². The molecule has 0 aliphatic heterocycles. The van der Waals surface area contributed by atoms with Crippen molar-refractivity contribution in [2.75, 3.05) is 0 Å². The van der Waals surface area contributed by atoms with E-state index in [0.717, 1.165) is 24.8 Å². The molecule has 0 amide bonds. The average molecular weight is 282 g/mol. The number of halogens is 2. The van der Waals surface area contributed by atoms with Crippen molar-refractivity contribution in [3.05, 3.63) is 35.4 Å². The van der Waals surface area contributed by atoms with Crippen LogP contribution < -0.4 is 0 Å². The normalized spacial score (nSPS) is 22.8. The highest BCUT2D eigenvalue weighted by atomic mass is 19.3. The summed E-state index contributed by atoms with van der Waals surface area (Å²) < 4.78 is 28.2. The van der Waals surface area contributed by atoms with E-state index in [1.165, 1.54) is 12.1 Å². The number of aromatic carboxylic acids is 1. The Bertz CT molecular complexity index is 454. The molecule has 1 aromatic rings. The van der Waals surface area contributed by atoms with E-state index in [-0.39, 0.29) is 12.0 Å². The number of rotatable bonds is 3. The molecule has 20 heavy (non-hydrogen) atoms. The van der Waals surface area contributed by atoms with E-state index in [1.807, 2.05) is 0 Å². The standard InChI is InChI=1S/C16H20F2O2/c17-16(18)10-4-2-1-3-5-14(16)11-12-6-8-13(9-7-12)15(19)20/h6-9,14H,1-5,10-11H2,(H,19,20). The zero-order valence-corrected chi connectivity index (χ0v) is 11.4. The number of benzene rings is 1. The molecule has 1 fully saturated rings. The highest BCUT2D eigenvalue weighted by Crippen LogP contribution is 2.38. The van der Waals surface area contributed by atoms with Crippen molar-refractivity contribution in [3.63, 3.8) is 0 Å². The van der Waals surface area contributed by atoms with Crippen LogP contribution in [0, 0.1) is 5.92 Å². The first-order chi connectivity index (χ1) is 9.49. The molecular formula is C16H20F2O2. The van der Waals surface area contributed by atoms with Gasteiger partial charge in [-0.15, -0.1) is 0 Å². The Morgan fingerprint density at radius 2 is 1.80 bits per heavy atom. The maximum atomic E-state index is 14.1. The Balaban J connectivity index is 2.07. The summed E-state index contributed by atoms with van der Waals surface area (Å²) in [5.74, 6) is -4.22. The minimum absolute atomic E-state index is 0.0229. The maximum Gasteiger partial charge on any atom is 0.335 e. The number of hydrogen-bond donors (Lipinski definition) is 1. The second-order valence-corrected chi connectivity index (χ2v) is 5.62. The molecule has 4 heteroatoms. The van der Waals surface area contributed by atoms with Gasteiger partial charge in [0, 0.05) is 12.3 Å². The summed E-state index contributed by atoms with van der Waals surface area (Å²) >= 11 is 0. The predicted molar refractivity (Wildman–Crippen MR) is 73.2 cm³/mol. The summed E-state index contributed by atoms with van der Waals surface area (Å²) in [7, 11) is 0. The van der Waals surface area contributed by atoms with E-state index >= 15 is 0 Å². The molecule has 0 saturated heterocycles. The van der Waals surface area contributed by atoms with Gasteiger partial charge in [-0.05, 0) is 37.0 Å². The average Bonchev–Trinajstić information content (AvgIpc) is 2.40. The molecule has 0 aromatic heterocycles. The van der Waals surface area contributed by atoms with Crippen molar-refractivity contribution in [3.8, 4) is 0 Å². The molecule has 0 heterocycles. The summed E-state index contributed by atoms with van der Waals surface area (Å²) in [5, 5.41) is 8.83. The quantitative estimate of drug-likeness (QED) is 0.884. The number of carbonyl (C=O) groups is 1. The van der Waals surface area contributed by atoms with Crippen molar-refractivity contribution >= 4 is 5.97 Å². The Hall–Kier alpha value is -1.45. The molecule has 0 spiro atoms. The lowest BCUT2D eigenvalue weighted by Crippen LogP contribution is -2.31. The van der Waals surface area contributed by atoms with Crippen molar-refractivity contribution in [1.29, 1.82) is 0 Å². The summed E-state index contributed by atoms with van der Waals surface area (Å²) in [6.07, 6.45) is 4.24. The fourth-order valence-corrected chi connectivity index (χ4v) is 2.84. The van der Waals surface area contributed by atoms with Gasteiger partial charge in [-0.2, -0.15) is 0 Å². The van der Waals surface area contributed by atoms with Gasteiger partial charge in [-0.25, -0.2) is 13.6 Å². The fourth-order valence-electron chi connectivity index (χ4n) is 2.84. The minimum Gasteiger partial charge on any atom is -0.478 e. The van der Waals surface area contributed by atoms with Crippen LogP contribution >= 0.6 is 0 Å². The molecule has 1 saturated carbocycles. The van der Waals surface area contributed by atoms with E-state index in [0.29, 0.717) is 19.3 Å². The molecule has 0 radical (unpaired) electrons. The third-order valence-corrected chi connectivity index (χ3v) is 4.09. The van der Waals surface area contributed by atoms with E-state index in [4.69, 9.17) is 5.11 Å². The number of alkyl halides is 2. The molecule has 2 nitrogen and oxygen atoms in total. The van der Waals surface area contributed by atoms with Crippen LogP contribution in [0.3, 0.4) is 0 Å². The molecule has 1 aromatic carbocycles. The maximum absolute atomic E-state index is 14.1. The third-order valence-electron chi connectivity index (χ3n) is 4.09. The van der Waals surface area contributed by atoms with Gasteiger partial charge in [0.2, 0.25) is 0 Å². The van der Waals surface area contributed by atoms with Crippen LogP contribution in [0.25, 0.3) is 0 Å². The number of carboxylic acids is 1. The first-order valence-electron chi connectivity index (χ1n) is 7.19. The largest absolute Gasteiger partial charge is 0.478 e. The summed E-state index contributed by atoms with van der Waals surface area (Å²) in [6, 6.07) is 6.27. The summed E-state index contributed by atoms with van der Waals surface area (Å²) in [4.78, 5) is 10.8. The van der Waals surface area contributed by atoms with E-state index in [2.05, 4.69) is 0 Å². The lowest BCUT2D eigenvalue weighted by atomic mass is 9.83. The second-order valence-electron chi connectivity index (χ2n) is 5.62. The monoisotopic (exact) mass is 282 g/mol. The zero-order chi connectivity index (χ0) is 14.6. The minimum atomic E-state index is -2.61. The summed E-state index contributed by atoms with van der Waals surface area (Å²) in [5.41, 5.74) is 0.985. The number of carboxylic acid groups (broad SMARTS) is 1. The molecule has 2 rings (SSSR count). The molecule has 1 aliphatic carbocycles. The van der Waals surface area contributed by atoms with Gasteiger partial charge >= 0.3 is 5.97 Å². The van der Waals surface area contributed by atoms with Crippen LogP contribution in [-0.4, -0.2) is 17.0 Å². The van der Waals surface area contributed by atoms with Crippen LogP contribution in [0.4, 0.5) is 8.78 Å². The Labute approximate surface area is 117 Å². The van der Waals surface area contributed by atoms with Gasteiger partial charge in [-0.1, -0.05) is 31.4 Å². The van der Waals surface area contributed by atoms with Gasteiger partial charge in [0.25, 0.3) is 5.92 Å². The van der Waals surface area contributed by atoms with E-state index < -0.39 is 17.8 Å². The van der Waals surface area contributed by atoms with Gasteiger partial charge in [-0.3, -0.25) is 0 Å². The molecule has 1 unspecified atom stereocenters. The first-order valence-corrected chi connectivity index (χ1v) is 7.19. The van der Waals surface area contributed by atoms with E-state index in [9.17, 15) is 13.6 Å². The zero-order valence-electron chi connectivity index (χ0n) is 11.4. The van der Waals surface area contributed by atoms with Gasteiger partial charge in [0.1, 0.15) is 0 Å². The highest BCUT2D eigenvalue weighted by molar-refractivity contribution is 5.87. The van der Waals surface area contributed by atoms with E-state index in [1.54, 1.807) is 12.1 Å². The van der Waals surface area contributed by atoms with Crippen molar-refractivity contribution in [1.82, 2.24) is 0 Å². The highest BCUT2D eigenvalue weighted by Gasteiger charge is 2.38. The Kier molecular flexibility index (Phi) is 4.73. The Morgan fingerprint density at radius 3 is 2.45 bits per heavy atom. The van der Waals surface area contributed by atoms with Gasteiger partial charge < -0.3 is 5.11 Å². The molecule has 110 valence electrons. The van der Waals surface area contributed by atoms with Crippen molar-refractivity contribution < 1.29 is 18.7 Å². The molecule has 1 aliphatic rings. The van der Waals surface area contributed by atoms with Crippen LogP contribution in [0.15, 0.2) is 24.3 Å². The topological polar surface area (TPSA) is 37.3 Å². The molecular weight excluding hydrogens is 262 g/mol. The lowest BCUT2D eigenvalue weighted by Gasteiger charge is -2.29. The van der Waals surface area contributed by atoms with Crippen LogP contribution in [0.1, 0.15) is 54.4 Å². The summed E-state index contributed by atoms with van der Waals surface area (Å²) in [6.45, 7) is 0. The lowest BCUT2D eigenvalue weighted by molar-refractivity contribution is -0.0740. The SMILES string of the molecule is O=C(O)c1ccc(CC2CCCCCCC2(F)F)cc1. The molecule has 1 atom stereocenters. The van der Waals surface area contributed by atoms with Crippen LogP contribution in [0.5, 0.6) is 0 Å². The van der Waals surface area contributed by atoms with Gasteiger partial charge in [0.05, 0.1) is 5.56 Å². The third kappa shape index (κ3) is 3.78. The smallest absolute Gasteiger partial charge is 0.335 e. The predicted octanol–water partition coefficient (Wildman–Crippen LogP) is 4.53. The first kappa shape index (κ1) is 14.9.